The summed E-state index contributed by atoms with van der Waals surface area (Å²) in [5.41, 5.74) is 2.18. The molecule has 88 valence electrons. The second kappa shape index (κ2) is 4.53. The molecule has 0 saturated carbocycles. The highest BCUT2D eigenvalue weighted by molar-refractivity contribution is 5.85. The predicted molar refractivity (Wildman–Crippen MR) is 74.9 cm³/mol. The van der Waals surface area contributed by atoms with Crippen molar-refractivity contribution in [2.75, 3.05) is 0 Å². The summed E-state index contributed by atoms with van der Waals surface area (Å²) in [6, 6.07) is 22.2. The van der Waals surface area contributed by atoms with E-state index in [4.69, 9.17) is 0 Å². The number of hydrogen-bond donors (Lipinski definition) is 1. The summed E-state index contributed by atoms with van der Waals surface area (Å²) < 4.78 is 0. The summed E-state index contributed by atoms with van der Waals surface area (Å²) in [5, 5.41) is 12.3. The van der Waals surface area contributed by atoms with Crippen LogP contribution in [0.25, 0.3) is 10.8 Å². The van der Waals surface area contributed by atoms with Gasteiger partial charge >= 0.3 is 0 Å². The first-order valence-electron chi connectivity index (χ1n) is 6.07. The molecule has 0 atom stereocenters. The molecule has 0 saturated heterocycles. The van der Waals surface area contributed by atoms with Crippen molar-refractivity contribution in [2.24, 2.45) is 0 Å². The smallest absolute Gasteiger partial charge is 0.119 e. The molecule has 0 radical (unpaired) electrons. The molecule has 0 aliphatic heterocycles. The minimum atomic E-state index is 0.373. The monoisotopic (exact) mass is 234 g/mol. The van der Waals surface area contributed by atoms with Crippen LogP contribution in [0, 0.1) is 0 Å². The Kier molecular flexibility index (Phi) is 2.73. The quantitative estimate of drug-likeness (QED) is 0.706. The molecule has 18 heavy (non-hydrogen) atoms. The maximum Gasteiger partial charge on any atom is 0.119 e. The molecule has 3 rings (SSSR count). The molecule has 0 spiro atoms. The van der Waals surface area contributed by atoms with Gasteiger partial charge in [-0.2, -0.15) is 0 Å². The first-order valence-corrected chi connectivity index (χ1v) is 6.07. The van der Waals surface area contributed by atoms with Gasteiger partial charge < -0.3 is 5.11 Å². The number of phenols is 1. The SMILES string of the molecule is Oc1cc2ccccc2cc1Cc1ccccc1. The summed E-state index contributed by atoms with van der Waals surface area (Å²) in [6.45, 7) is 0. The summed E-state index contributed by atoms with van der Waals surface area (Å²) in [6.07, 6.45) is 0.761. The summed E-state index contributed by atoms with van der Waals surface area (Å²) >= 11 is 0. The molecular formula is C17H14O. The molecule has 0 bridgehead atoms. The van der Waals surface area contributed by atoms with Crippen LogP contribution in [0.3, 0.4) is 0 Å². The standard InChI is InChI=1S/C17H14O/c18-17-12-15-9-5-4-8-14(15)11-16(17)10-13-6-2-1-3-7-13/h1-9,11-12,18H,10H2. The molecule has 0 heterocycles. The molecule has 0 amide bonds. The Morgan fingerprint density at radius 1 is 0.722 bits per heavy atom. The van der Waals surface area contributed by atoms with E-state index in [9.17, 15) is 5.11 Å². The van der Waals surface area contributed by atoms with Gasteiger partial charge in [-0.3, -0.25) is 0 Å². The van der Waals surface area contributed by atoms with Crippen molar-refractivity contribution in [3.05, 3.63) is 77.9 Å². The fraction of sp³-hybridized carbons (Fsp3) is 0.0588. The number of benzene rings is 3. The third-order valence-electron chi connectivity index (χ3n) is 3.18. The van der Waals surface area contributed by atoms with Crippen LogP contribution in [0.4, 0.5) is 0 Å². The normalized spacial score (nSPS) is 10.7. The molecule has 1 N–H and O–H groups in total. The number of hydrogen-bond acceptors (Lipinski definition) is 1. The van der Waals surface area contributed by atoms with Gasteiger partial charge in [0.25, 0.3) is 0 Å². The lowest BCUT2D eigenvalue weighted by Gasteiger charge is -2.07. The topological polar surface area (TPSA) is 20.2 Å². The van der Waals surface area contributed by atoms with E-state index in [-0.39, 0.29) is 0 Å². The lowest BCUT2D eigenvalue weighted by Crippen LogP contribution is -1.89. The number of aromatic hydroxyl groups is 1. The number of phenolic OH excluding ortho intramolecular Hbond substituents is 1. The minimum absolute atomic E-state index is 0.373. The van der Waals surface area contributed by atoms with Gasteiger partial charge in [-0.15, -0.1) is 0 Å². The molecule has 0 aliphatic rings. The first kappa shape index (κ1) is 10.8. The molecule has 1 nitrogen and oxygen atoms in total. The average molecular weight is 234 g/mol. The second-order valence-corrected chi connectivity index (χ2v) is 4.49. The van der Waals surface area contributed by atoms with Crippen molar-refractivity contribution in [3.63, 3.8) is 0 Å². The van der Waals surface area contributed by atoms with Crippen molar-refractivity contribution in [2.45, 2.75) is 6.42 Å². The van der Waals surface area contributed by atoms with Crippen LogP contribution in [-0.4, -0.2) is 5.11 Å². The Labute approximate surface area is 106 Å². The largest absolute Gasteiger partial charge is 0.508 e. The van der Waals surface area contributed by atoms with Gasteiger partial charge in [0.1, 0.15) is 5.75 Å². The van der Waals surface area contributed by atoms with E-state index in [2.05, 4.69) is 24.3 Å². The van der Waals surface area contributed by atoms with Crippen molar-refractivity contribution in [1.82, 2.24) is 0 Å². The van der Waals surface area contributed by atoms with Gasteiger partial charge in [0.15, 0.2) is 0 Å². The molecule has 0 aromatic heterocycles. The Morgan fingerprint density at radius 2 is 1.33 bits per heavy atom. The van der Waals surface area contributed by atoms with E-state index in [1.54, 1.807) is 0 Å². The summed E-state index contributed by atoms with van der Waals surface area (Å²) in [7, 11) is 0. The highest BCUT2D eigenvalue weighted by Gasteiger charge is 2.04. The lowest BCUT2D eigenvalue weighted by atomic mass is 10.0. The Morgan fingerprint density at radius 3 is 2.06 bits per heavy atom. The van der Waals surface area contributed by atoms with Crippen LogP contribution in [-0.2, 0) is 6.42 Å². The number of fused-ring (bicyclic) bond motifs is 1. The lowest BCUT2D eigenvalue weighted by molar-refractivity contribution is 0.470. The van der Waals surface area contributed by atoms with E-state index < -0.39 is 0 Å². The van der Waals surface area contributed by atoms with E-state index in [0.717, 1.165) is 17.4 Å². The van der Waals surface area contributed by atoms with E-state index in [1.807, 2.05) is 42.5 Å². The molecule has 0 fully saturated rings. The highest BCUT2D eigenvalue weighted by Crippen LogP contribution is 2.26. The van der Waals surface area contributed by atoms with Gasteiger partial charge in [0, 0.05) is 6.42 Å². The van der Waals surface area contributed by atoms with Crippen molar-refractivity contribution < 1.29 is 5.11 Å². The van der Waals surface area contributed by atoms with E-state index in [1.165, 1.54) is 10.9 Å². The van der Waals surface area contributed by atoms with Crippen LogP contribution in [0.5, 0.6) is 5.75 Å². The van der Waals surface area contributed by atoms with Gasteiger partial charge in [0.05, 0.1) is 0 Å². The number of rotatable bonds is 2. The minimum Gasteiger partial charge on any atom is -0.508 e. The van der Waals surface area contributed by atoms with E-state index >= 15 is 0 Å². The van der Waals surface area contributed by atoms with Crippen molar-refractivity contribution >= 4 is 10.8 Å². The first-order chi connectivity index (χ1) is 8.83. The average Bonchev–Trinajstić information content (AvgIpc) is 2.41. The zero-order valence-electron chi connectivity index (χ0n) is 10.0. The molecule has 0 aliphatic carbocycles. The highest BCUT2D eigenvalue weighted by atomic mass is 16.3. The van der Waals surface area contributed by atoms with Crippen molar-refractivity contribution in [1.29, 1.82) is 0 Å². The van der Waals surface area contributed by atoms with Crippen LogP contribution in [0.15, 0.2) is 66.7 Å². The maximum atomic E-state index is 10.1. The second-order valence-electron chi connectivity index (χ2n) is 4.49. The van der Waals surface area contributed by atoms with Crippen molar-refractivity contribution in [3.8, 4) is 5.75 Å². The molecule has 0 unspecified atom stereocenters. The van der Waals surface area contributed by atoms with Crippen LogP contribution >= 0.6 is 0 Å². The maximum absolute atomic E-state index is 10.1. The zero-order chi connectivity index (χ0) is 12.4. The van der Waals surface area contributed by atoms with Crippen LogP contribution in [0.2, 0.25) is 0 Å². The van der Waals surface area contributed by atoms with Gasteiger partial charge in [-0.1, -0.05) is 54.6 Å². The summed E-state index contributed by atoms with van der Waals surface area (Å²) in [4.78, 5) is 0. The van der Waals surface area contributed by atoms with E-state index in [0.29, 0.717) is 5.75 Å². The third kappa shape index (κ3) is 2.07. The van der Waals surface area contributed by atoms with Gasteiger partial charge in [0.2, 0.25) is 0 Å². The predicted octanol–water partition coefficient (Wildman–Crippen LogP) is 4.14. The fourth-order valence-corrected chi connectivity index (χ4v) is 2.23. The van der Waals surface area contributed by atoms with Crippen LogP contribution < -0.4 is 0 Å². The molecule has 3 aromatic carbocycles. The molecule has 1 heteroatoms. The Balaban J connectivity index is 2.04. The van der Waals surface area contributed by atoms with Gasteiger partial charge in [-0.25, -0.2) is 0 Å². The molecule has 3 aromatic rings. The zero-order valence-corrected chi connectivity index (χ0v) is 10.0. The third-order valence-corrected chi connectivity index (χ3v) is 3.18. The summed E-state index contributed by atoms with van der Waals surface area (Å²) in [5.74, 6) is 0.373. The fourth-order valence-electron chi connectivity index (χ4n) is 2.23. The Bertz CT molecular complexity index is 672. The Hall–Kier alpha value is -2.28. The van der Waals surface area contributed by atoms with Gasteiger partial charge in [-0.05, 0) is 34.0 Å². The molecular weight excluding hydrogens is 220 g/mol. The van der Waals surface area contributed by atoms with Crippen LogP contribution in [0.1, 0.15) is 11.1 Å².